The molecule has 16 heavy (non-hydrogen) atoms. The summed E-state index contributed by atoms with van der Waals surface area (Å²) >= 11 is 0. The van der Waals surface area contributed by atoms with Crippen LogP contribution < -0.4 is 0 Å². The van der Waals surface area contributed by atoms with Crippen molar-refractivity contribution in [3.63, 3.8) is 0 Å². The summed E-state index contributed by atoms with van der Waals surface area (Å²) in [6.07, 6.45) is 2.03. The maximum Gasteiger partial charge on any atom is 0.131 e. The predicted octanol–water partition coefficient (Wildman–Crippen LogP) is 3.99. The predicted molar refractivity (Wildman–Crippen MR) is 64.8 cm³/mol. The monoisotopic (exact) mass is 224 g/mol. The van der Waals surface area contributed by atoms with E-state index in [0.717, 1.165) is 12.8 Å². The fourth-order valence-electron chi connectivity index (χ4n) is 1.99. The molecule has 1 unspecified atom stereocenters. The van der Waals surface area contributed by atoms with Gasteiger partial charge in [-0.05, 0) is 24.8 Å². The molecule has 0 aromatic heterocycles. The number of hydrogen-bond acceptors (Lipinski definition) is 1. The number of aliphatic hydroxyl groups is 1. The lowest BCUT2D eigenvalue weighted by atomic mass is 9.92. The molecule has 0 amide bonds. The first-order valence-corrected chi connectivity index (χ1v) is 6.03. The molecule has 0 aliphatic carbocycles. The van der Waals surface area contributed by atoms with Gasteiger partial charge in [0.05, 0.1) is 6.10 Å². The van der Waals surface area contributed by atoms with Gasteiger partial charge in [-0.2, -0.15) is 0 Å². The van der Waals surface area contributed by atoms with E-state index in [1.54, 1.807) is 25.1 Å². The van der Waals surface area contributed by atoms with E-state index in [2.05, 4.69) is 13.8 Å². The van der Waals surface area contributed by atoms with Crippen LogP contribution in [0.2, 0.25) is 0 Å². The summed E-state index contributed by atoms with van der Waals surface area (Å²) in [7, 11) is 0. The maximum absolute atomic E-state index is 13.8. The van der Waals surface area contributed by atoms with Gasteiger partial charge in [0, 0.05) is 5.56 Å². The Bertz CT molecular complexity index is 332. The highest BCUT2D eigenvalue weighted by Gasteiger charge is 2.17. The van der Waals surface area contributed by atoms with Crippen LogP contribution in [0.4, 0.5) is 4.39 Å². The molecular weight excluding hydrogens is 203 g/mol. The Morgan fingerprint density at radius 3 is 2.44 bits per heavy atom. The third-order valence-electron chi connectivity index (χ3n) is 3.29. The van der Waals surface area contributed by atoms with Gasteiger partial charge in [0.2, 0.25) is 0 Å². The van der Waals surface area contributed by atoms with Crippen LogP contribution in [0.15, 0.2) is 18.2 Å². The maximum atomic E-state index is 13.8. The lowest BCUT2D eigenvalue weighted by Gasteiger charge is -2.18. The zero-order chi connectivity index (χ0) is 12.1. The fraction of sp³-hybridized carbons (Fsp3) is 0.571. The number of benzene rings is 1. The van der Waals surface area contributed by atoms with Crippen LogP contribution in [0.3, 0.4) is 0 Å². The topological polar surface area (TPSA) is 20.2 Å². The second-order valence-corrected chi connectivity index (χ2v) is 4.41. The van der Waals surface area contributed by atoms with Crippen LogP contribution in [0, 0.1) is 18.7 Å². The molecule has 1 N–H and O–H groups in total. The van der Waals surface area contributed by atoms with E-state index in [-0.39, 0.29) is 5.82 Å². The van der Waals surface area contributed by atoms with Crippen molar-refractivity contribution >= 4 is 0 Å². The normalized spacial score (nSPS) is 13.1. The SMILES string of the molecule is CCC(CC)CC(O)c1cccc(C)c1F. The Balaban J connectivity index is 2.80. The number of halogens is 1. The first-order chi connectivity index (χ1) is 7.60. The van der Waals surface area contributed by atoms with E-state index < -0.39 is 6.10 Å². The number of aliphatic hydroxyl groups excluding tert-OH is 1. The second kappa shape index (κ2) is 6.00. The molecule has 1 rings (SSSR count). The van der Waals surface area contributed by atoms with Crippen LogP contribution >= 0.6 is 0 Å². The van der Waals surface area contributed by atoms with E-state index >= 15 is 0 Å². The molecule has 1 atom stereocenters. The van der Waals surface area contributed by atoms with Crippen molar-refractivity contribution in [1.29, 1.82) is 0 Å². The second-order valence-electron chi connectivity index (χ2n) is 4.41. The molecule has 0 aliphatic heterocycles. The van der Waals surface area contributed by atoms with E-state index in [1.807, 2.05) is 0 Å². The van der Waals surface area contributed by atoms with Gasteiger partial charge in [0.1, 0.15) is 5.82 Å². The van der Waals surface area contributed by atoms with Crippen molar-refractivity contribution in [1.82, 2.24) is 0 Å². The Morgan fingerprint density at radius 2 is 1.88 bits per heavy atom. The van der Waals surface area contributed by atoms with Gasteiger partial charge >= 0.3 is 0 Å². The average molecular weight is 224 g/mol. The molecule has 0 radical (unpaired) electrons. The molecule has 0 bridgehead atoms. The fourth-order valence-corrected chi connectivity index (χ4v) is 1.99. The molecule has 0 aliphatic rings. The average Bonchev–Trinajstić information content (AvgIpc) is 2.29. The number of hydrogen-bond donors (Lipinski definition) is 1. The van der Waals surface area contributed by atoms with Gasteiger partial charge in [0.15, 0.2) is 0 Å². The Morgan fingerprint density at radius 1 is 1.25 bits per heavy atom. The molecular formula is C14H21FO. The van der Waals surface area contributed by atoms with Crippen LogP contribution in [-0.2, 0) is 0 Å². The molecule has 0 spiro atoms. The summed E-state index contributed by atoms with van der Waals surface area (Å²) in [6.45, 7) is 5.93. The lowest BCUT2D eigenvalue weighted by Crippen LogP contribution is -2.08. The molecule has 0 fully saturated rings. The van der Waals surface area contributed by atoms with Crippen LogP contribution in [0.1, 0.15) is 50.3 Å². The highest BCUT2D eigenvalue weighted by molar-refractivity contribution is 5.26. The molecule has 1 nitrogen and oxygen atoms in total. The van der Waals surface area contributed by atoms with Crippen molar-refractivity contribution in [2.75, 3.05) is 0 Å². The molecule has 0 saturated heterocycles. The first-order valence-electron chi connectivity index (χ1n) is 6.03. The van der Waals surface area contributed by atoms with E-state index in [9.17, 15) is 9.50 Å². The zero-order valence-electron chi connectivity index (χ0n) is 10.3. The Kier molecular flexibility index (Phi) is 4.94. The Labute approximate surface area is 97.3 Å². The molecule has 1 aromatic carbocycles. The van der Waals surface area contributed by atoms with Crippen LogP contribution in [0.5, 0.6) is 0 Å². The largest absolute Gasteiger partial charge is 0.388 e. The minimum absolute atomic E-state index is 0.263. The van der Waals surface area contributed by atoms with E-state index in [1.165, 1.54) is 0 Å². The van der Waals surface area contributed by atoms with Crippen molar-refractivity contribution in [2.24, 2.45) is 5.92 Å². The van der Waals surface area contributed by atoms with Gasteiger partial charge in [-0.15, -0.1) is 0 Å². The van der Waals surface area contributed by atoms with E-state index in [4.69, 9.17) is 0 Å². The first kappa shape index (κ1) is 13.2. The molecule has 2 heteroatoms. The van der Waals surface area contributed by atoms with E-state index in [0.29, 0.717) is 23.5 Å². The molecule has 0 saturated carbocycles. The molecule has 0 heterocycles. The summed E-state index contributed by atoms with van der Waals surface area (Å²) in [4.78, 5) is 0. The standard InChI is InChI=1S/C14H21FO/c1-4-11(5-2)9-13(16)12-8-6-7-10(3)14(12)15/h6-8,11,13,16H,4-5,9H2,1-3H3. The minimum Gasteiger partial charge on any atom is -0.388 e. The summed E-state index contributed by atoms with van der Waals surface area (Å²) in [5.74, 6) is 0.205. The number of aryl methyl sites for hydroxylation is 1. The summed E-state index contributed by atoms with van der Waals surface area (Å²) in [5.41, 5.74) is 1.04. The summed E-state index contributed by atoms with van der Waals surface area (Å²) in [5, 5.41) is 10.0. The smallest absolute Gasteiger partial charge is 0.131 e. The van der Waals surface area contributed by atoms with Gasteiger partial charge in [-0.1, -0.05) is 44.9 Å². The number of rotatable bonds is 5. The van der Waals surface area contributed by atoms with Crippen LogP contribution in [0.25, 0.3) is 0 Å². The van der Waals surface area contributed by atoms with Gasteiger partial charge in [0.25, 0.3) is 0 Å². The van der Waals surface area contributed by atoms with Gasteiger partial charge in [-0.25, -0.2) is 4.39 Å². The quantitative estimate of drug-likeness (QED) is 0.801. The Hall–Kier alpha value is -0.890. The summed E-state index contributed by atoms with van der Waals surface area (Å²) < 4.78 is 13.8. The van der Waals surface area contributed by atoms with Gasteiger partial charge < -0.3 is 5.11 Å². The van der Waals surface area contributed by atoms with Crippen molar-refractivity contribution in [3.05, 3.63) is 35.1 Å². The molecule has 1 aromatic rings. The minimum atomic E-state index is -0.676. The van der Waals surface area contributed by atoms with Crippen molar-refractivity contribution < 1.29 is 9.50 Å². The van der Waals surface area contributed by atoms with Gasteiger partial charge in [-0.3, -0.25) is 0 Å². The third kappa shape index (κ3) is 3.05. The highest BCUT2D eigenvalue weighted by Crippen LogP contribution is 2.27. The van der Waals surface area contributed by atoms with Crippen molar-refractivity contribution in [3.8, 4) is 0 Å². The lowest BCUT2D eigenvalue weighted by molar-refractivity contribution is 0.137. The van der Waals surface area contributed by atoms with Crippen molar-refractivity contribution in [2.45, 2.75) is 46.1 Å². The third-order valence-corrected chi connectivity index (χ3v) is 3.29. The highest BCUT2D eigenvalue weighted by atomic mass is 19.1. The summed E-state index contributed by atoms with van der Waals surface area (Å²) in [6, 6.07) is 5.20. The zero-order valence-corrected chi connectivity index (χ0v) is 10.3. The van der Waals surface area contributed by atoms with Crippen LogP contribution in [-0.4, -0.2) is 5.11 Å². The molecule has 90 valence electrons.